The van der Waals surface area contributed by atoms with Crippen molar-refractivity contribution in [2.75, 3.05) is 13.2 Å². The van der Waals surface area contributed by atoms with Gasteiger partial charge in [0.2, 0.25) is 22.6 Å². The number of nitro groups is 1. The molecule has 2 aliphatic heterocycles. The number of aliphatic hydroxyl groups excluding tert-OH is 5. The van der Waals surface area contributed by atoms with Crippen LogP contribution in [0.5, 0.6) is 5.75 Å². The van der Waals surface area contributed by atoms with Gasteiger partial charge in [-0.2, -0.15) is 0 Å². The molecule has 40 heavy (non-hydrogen) atoms. The summed E-state index contributed by atoms with van der Waals surface area (Å²) in [6.07, 6.45) is -16.7. The van der Waals surface area contributed by atoms with Gasteiger partial charge in [-0.1, -0.05) is 12.1 Å². The van der Waals surface area contributed by atoms with Crippen LogP contribution in [0.15, 0.2) is 24.3 Å². The van der Waals surface area contributed by atoms with Gasteiger partial charge in [0.15, 0.2) is 12.0 Å². The van der Waals surface area contributed by atoms with Gasteiger partial charge in [0.25, 0.3) is 0 Å². The maximum absolute atomic E-state index is 12.0. The van der Waals surface area contributed by atoms with Gasteiger partial charge in [0, 0.05) is 13.0 Å². The molecule has 0 saturated carbocycles. The normalized spacial score (nSPS) is 34.4. The number of rotatable bonds is 10. The van der Waals surface area contributed by atoms with E-state index in [-0.39, 0.29) is 35.3 Å². The molecule has 10 atom stereocenters. The topological polar surface area (TPSA) is 277 Å². The predicted octanol–water partition coefficient (Wildman–Crippen LogP) is -6.77. The number of ether oxygens (including phenoxy) is 4. The smallest absolute Gasteiger partial charge is 0.726 e. The number of amides is 1. The van der Waals surface area contributed by atoms with Crippen LogP contribution in [0.1, 0.15) is 6.92 Å². The molecule has 1 aromatic rings. The Bertz CT molecular complexity index is 1130. The molecule has 0 unspecified atom stereocenters. The van der Waals surface area contributed by atoms with Crippen LogP contribution in [-0.2, 0) is 33.6 Å². The van der Waals surface area contributed by atoms with Crippen LogP contribution >= 0.6 is 0 Å². The van der Waals surface area contributed by atoms with Gasteiger partial charge in [-0.25, -0.2) is 8.42 Å². The van der Waals surface area contributed by atoms with Gasteiger partial charge in [-0.3, -0.25) is 19.1 Å². The average Bonchev–Trinajstić information content (AvgIpc) is 2.86. The van der Waals surface area contributed by atoms with Gasteiger partial charge in [-0.15, -0.1) is 0 Å². The van der Waals surface area contributed by atoms with Gasteiger partial charge in [0.1, 0.15) is 48.8 Å². The van der Waals surface area contributed by atoms with Crippen molar-refractivity contribution in [2.45, 2.75) is 68.3 Å². The number of nitro benzene ring substituents is 1. The van der Waals surface area contributed by atoms with E-state index in [0.717, 1.165) is 13.0 Å². The van der Waals surface area contributed by atoms with Crippen molar-refractivity contribution in [1.29, 1.82) is 0 Å². The van der Waals surface area contributed by atoms with Crippen LogP contribution in [0.25, 0.3) is 0 Å². The molecule has 3 rings (SSSR count). The Labute approximate surface area is 249 Å². The Balaban J connectivity index is 0.00000560. The number of carbonyl (C=O) groups is 1. The second-order valence-corrected chi connectivity index (χ2v) is 9.57. The zero-order chi connectivity index (χ0) is 29.1. The van der Waals surface area contributed by atoms with Crippen LogP contribution in [0.2, 0.25) is 0 Å². The van der Waals surface area contributed by atoms with E-state index < -0.39 is 101 Å². The minimum atomic E-state index is -5.48. The van der Waals surface area contributed by atoms with Crippen LogP contribution in [-0.4, -0.2) is 124 Å². The number of nitrogens with zero attached hydrogens (tertiary/aromatic N) is 1. The Hall–Kier alpha value is -1.56. The Kier molecular flexibility index (Phi) is 12.6. The van der Waals surface area contributed by atoms with Crippen LogP contribution in [0, 0.1) is 10.1 Å². The summed E-state index contributed by atoms with van der Waals surface area (Å²) < 4.78 is 59.7. The number of para-hydroxylation sites is 2. The number of nitrogens with one attached hydrogen (secondary N) is 1. The molecule has 220 valence electrons. The molecule has 6 N–H and O–H groups in total. The van der Waals surface area contributed by atoms with E-state index in [9.17, 15) is 53.4 Å². The second kappa shape index (κ2) is 14.6. The van der Waals surface area contributed by atoms with E-state index in [0.29, 0.717) is 0 Å². The molecule has 0 radical (unpaired) electrons. The SMILES string of the molecule is CC(=O)N[C@@H]1[C@@H](Oc2ccccc2[N+](=O)[O-])O[C@@H](CO)[C@H](O)[C@@H]1O[C@@H]1O[C@@H](CO)[C@H](O)[C@H](OS(=O)(=O)[O-])[C@@H]1O.[Na+]. The third-order valence-corrected chi connectivity index (χ3v) is 6.33. The summed E-state index contributed by atoms with van der Waals surface area (Å²) in [4.78, 5) is 22.7. The van der Waals surface area contributed by atoms with E-state index in [1.54, 1.807) is 0 Å². The summed E-state index contributed by atoms with van der Waals surface area (Å²) in [6, 6.07) is 3.58. The number of hydrogen-bond acceptors (Lipinski definition) is 16. The Morgan fingerprint density at radius 2 is 1.57 bits per heavy atom. The molecule has 18 nitrogen and oxygen atoms in total. The molecular weight excluding hydrogens is 579 g/mol. The molecule has 20 heteroatoms. The van der Waals surface area contributed by atoms with Gasteiger partial charge >= 0.3 is 35.2 Å². The monoisotopic (exact) mass is 606 g/mol. The number of hydrogen-bond donors (Lipinski definition) is 6. The van der Waals surface area contributed by atoms with Crippen molar-refractivity contribution >= 4 is 22.0 Å². The molecule has 1 aromatic carbocycles. The third kappa shape index (κ3) is 8.26. The van der Waals surface area contributed by atoms with Crippen LogP contribution in [0.3, 0.4) is 0 Å². The van der Waals surface area contributed by atoms with Gasteiger partial charge < -0.3 is 54.3 Å². The molecule has 1 amide bonds. The fraction of sp³-hybridized carbons (Fsp3) is 0.650. The summed E-state index contributed by atoms with van der Waals surface area (Å²) in [5.41, 5.74) is -0.489. The van der Waals surface area contributed by atoms with Crippen molar-refractivity contribution in [3.8, 4) is 5.75 Å². The van der Waals surface area contributed by atoms with E-state index in [1.807, 2.05) is 0 Å². The van der Waals surface area contributed by atoms with Crippen molar-refractivity contribution in [2.24, 2.45) is 0 Å². The number of carbonyl (C=O) groups excluding carboxylic acids is 1. The van der Waals surface area contributed by atoms with Crippen molar-refractivity contribution in [1.82, 2.24) is 5.32 Å². The minimum Gasteiger partial charge on any atom is -0.726 e. The van der Waals surface area contributed by atoms with Gasteiger partial charge in [0.05, 0.1) is 18.1 Å². The fourth-order valence-electron chi connectivity index (χ4n) is 4.12. The zero-order valence-corrected chi connectivity index (χ0v) is 23.9. The molecule has 2 aliphatic rings. The fourth-order valence-corrected chi connectivity index (χ4v) is 4.62. The average molecular weight is 606 g/mol. The number of benzene rings is 1. The zero-order valence-electron chi connectivity index (χ0n) is 21.1. The second-order valence-electron chi connectivity index (χ2n) is 8.56. The molecule has 0 spiro atoms. The van der Waals surface area contributed by atoms with Gasteiger partial charge in [-0.05, 0) is 6.07 Å². The predicted molar refractivity (Wildman–Crippen MR) is 120 cm³/mol. The molecule has 0 aliphatic carbocycles. The molecule has 2 saturated heterocycles. The van der Waals surface area contributed by atoms with Crippen LogP contribution < -0.4 is 39.6 Å². The maximum atomic E-state index is 12.0. The molecule has 2 fully saturated rings. The third-order valence-electron chi connectivity index (χ3n) is 5.87. The van der Waals surface area contributed by atoms with Crippen molar-refractivity contribution < 1.29 is 101 Å². The first kappa shape index (κ1) is 34.6. The molecule has 0 bridgehead atoms. The largest absolute Gasteiger partial charge is 1.00 e. The summed E-state index contributed by atoms with van der Waals surface area (Å²) >= 11 is 0. The summed E-state index contributed by atoms with van der Waals surface area (Å²) in [5.74, 6) is -1.04. The minimum absolute atomic E-state index is 0. The van der Waals surface area contributed by atoms with Crippen molar-refractivity contribution in [3.05, 3.63) is 34.4 Å². The quantitative estimate of drug-likeness (QED) is 0.0474. The Morgan fingerprint density at radius 1 is 1.02 bits per heavy atom. The molecular formula is C20H27N2NaO16S. The first-order valence-corrected chi connectivity index (χ1v) is 12.6. The Morgan fingerprint density at radius 3 is 2.10 bits per heavy atom. The first-order valence-electron chi connectivity index (χ1n) is 11.3. The van der Waals surface area contributed by atoms with E-state index in [1.165, 1.54) is 18.2 Å². The van der Waals surface area contributed by atoms with Crippen LogP contribution in [0.4, 0.5) is 5.69 Å². The molecule has 2 heterocycles. The first-order chi connectivity index (χ1) is 18.3. The van der Waals surface area contributed by atoms with E-state index in [2.05, 4.69) is 9.50 Å². The molecule has 0 aromatic heterocycles. The summed E-state index contributed by atoms with van der Waals surface area (Å²) in [6.45, 7) is -0.742. The summed E-state index contributed by atoms with van der Waals surface area (Å²) in [7, 11) is -5.48. The van der Waals surface area contributed by atoms with E-state index >= 15 is 0 Å². The maximum Gasteiger partial charge on any atom is 1.00 e. The van der Waals surface area contributed by atoms with E-state index in [4.69, 9.17) is 18.9 Å². The standard InChI is InChI=1S/C20H28N2O16S.Na/c1-8(25)21-13-17(37-20-16(28)18(38-39(31,32)33)15(27)12(7-24)36-20)14(26)11(6-23)35-19(13)34-10-5-3-2-4-9(10)22(29)30;/h2-5,11-20,23-24,26-28H,6-7H2,1H3,(H,21,25)(H,31,32,33);/q;+1/p-1/t11-,12-,13-,14-,15-,16-,17+,18-,19-,20-;/m0./s1. The number of aliphatic hydroxyl groups is 5. The summed E-state index contributed by atoms with van der Waals surface area (Å²) in [5, 5.41) is 64.7. The van der Waals surface area contributed by atoms with Crippen molar-refractivity contribution in [3.63, 3.8) is 0 Å².